The van der Waals surface area contributed by atoms with Crippen LogP contribution in [-0.2, 0) is 4.79 Å². The van der Waals surface area contributed by atoms with Crippen molar-refractivity contribution in [2.24, 2.45) is 17.3 Å². The first-order valence-electron chi connectivity index (χ1n) is 4.21. The molecule has 62 valence electrons. The normalized spacial score (nSPS) is 46.8. The van der Waals surface area contributed by atoms with E-state index in [1.165, 1.54) is 0 Å². The van der Waals surface area contributed by atoms with Gasteiger partial charge in [0.15, 0.2) is 0 Å². The molecule has 3 rings (SSSR count). The molecule has 2 heteroatoms. The third kappa shape index (κ3) is 0.851. The zero-order chi connectivity index (χ0) is 8.22. The van der Waals surface area contributed by atoms with Crippen LogP contribution in [0, 0.1) is 17.3 Å². The largest absolute Gasteiger partial charge is 0.298 e. The van der Waals surface area contributed by atoms with E-state index < -0.39 is 0 Å². The number of fused-ring (bicyclic) bond motifs is 2. The second-order valence-electron chi connectivity index (χ2n) is 4.41. The molecule has 3 aliphatic carbocycles. The molecule has 3 aliphatic rings. The van der Waals surface area contributed by atoms with Crippen molar-refractivity contribution in [3.63, 3.8) is 0 Å². The van der Waals surface area contributed by atoms with Crippen LogP contribution in [0.25, 0.3) is 0 Å². The Bertz CT molecular complexity index is 210. The molecule has 3 atom stereocenters. The van der Waals surface area contributed by atoms with Crippen LogP contribution in [0.2, 0.25) is 0 Å². The number of Topliss-reactive ketones (excluding diaryl/α,β-unsaturated/α-hetero) is 1. The summed E-state index contributed by atoms with van der Waals surface area (Å²) in [5.41, 5.74) is 0.307. The number of hydrogen-bond acceptors (Lipinski definition) is 1. The third-order valence-electron chi connectivity index (χ3n) is 3.61. The highest BCUT2D eigenvalue weighted by atomic mass is 79.9. The second kappa shape index (κ2) is 2.09. The summed E-state index contributed by atoms with van der Waals surface area (Å²) in [6.45, 7) is 4.45. The topological polar surface area (TPSA) is 17.1 Å². The number of hydrogen-bond donors (Lipinski definition) is 0. The Hall–Kier alpha value is 0.150. The average molecular weight is 217 g/mol. The van der Waals surface area contributed by atoms with Gasteiger partial charge in [0.2, 0.25) is 0 Å². The molecule has 0 aliphatic heterocycles. The lowest BCUT2D eigenvalue weighted by atomic mass is 9.48. The van der Waals surface area contributed by atoms with Gasteiger partial charge in [0.25, 0.3) is 0 Å². The molecule has 11 heavy (non-hydrogen) atoms. The number of carbonyl (C=O) groups excluding carboxylic acids is 1. The first kappa shape index (κ1) is 7.78. The Morgan fingerprint density at radius 2 is 2.09 bits per heavy atom. The molecule has 1 nitrogen and oxygen atoms in total. The van der Waals surface area contributed by atoms with Crippen LogP contribution >= 0.6 is 15.9 Å². The molecule has 0 heterocycles. The van der Waals surface area contributed by atoms with E-state index in [1.54, 1.807) is 0 Å². The molecule has 0 aromatic heterocycles. The molecule has 3 fully saturated rings. The van der Waals surface area contributed by atoms with Crippen LogP contribution in [0.4, 0.5) is 0 Å². The lowest BCUT2D eigenvalue weighted by Gasteiger charge is -2.56. The molecule has 0 saturated heterocycles. The fraction of sp³-hybridized carbons (Fsp3) is 0.889. The van der Waals surface area contributed by atoms with E-state index in [0.717, 1.165) is 18.8 Å². The van der Waals surface area contributed by atoms with Gasteiger partial charge in [0.05, 0.1) is 4.83 Å². The lowest BCUT2D eigenvalue weighted by molar-refractivity contribution is -0.146. The highest BCUT2D eigenvalue weighted by molar-refractivity contribution is 9.10. The SMILES string of the molecule is CC1(C)[C@@H]2CC(Br)C(=O)[C@H]1C2. The van der Waals surface area contributed by atoms with Crippen LogP contribution in [0.1, 0.15) is 26.7 Å². The van der Waals surface area contributed by atoms with Crippen molar-refractivity contribution in [1.29, 1.82) is 0 Å². The highest BCUT2D eigenvalue weighted by Gasteiger charge is 2.56. The zero-order valence-electron chi connectivity index (χ0n) is 6.93. The minimum absolute atomic E-state index is 0.166. The quantitative estimate of drug-likeness (QED) is 0.569. The monoisotopic (exact) mass is 216 g/mol. The molecular formula is C9H13BrO. The van der Waals surface area contributed by atoms with Crippen LogP contribution in [0.15, 0.2) is 0 Å². The van der Waals surface area contributed by atoms with Crippen molar-refractivity contribution < 1.29 is 4.79 Å². The van der Waals surface area contributed by atoms with Crippen molar-refractivity contribution in [3.05, 3.63) is 0 Å². The van der Waals surface area contributed by atoms with E-state index in [1.807, 2.05) is 0 Å². The Morgan fingerprint density at radius 3 is 2.45 bits per heavy atom. The van der Waals surface area contributed by atoms with Gasteiger partial charge in [-0.05, 0) is 24.2 Å². The van der Waals surface area contributed by atoms with Gasteiger partial charge >= 0.3 is 0 Å². The van der Waals surface area contributed by atoms with Gasteiger partial charge in [-0.25, -0.2) is 0 Å². The van der Waals surface area contributed by atoms with Gasteiger partial charge in [0, 0.05) is 5.92 Å². The number of halogens is 1. The number of rotatable bonds is 0. The Kier molecular flexibility index (Phi) is 1.48. The summed E-state index contributed by atoms with van der Waals surface area (Å²) in [7, 11) is 0. The summed E-state index contributed by atoms with van der Waals surface area (Å²) in [6, 6.07) is 0. The van der Waals surface area contributed by atoms with Gasteiger partial charge in [-0.15, -0.1) is 0 Å². The summed E-state index contributed by atoms with van der Waals surface area (Å²) in [5, 5.41) is 0. The minimum atomic E-state index is 0.166. The molecule has 0 N–H and O–H groups in total. The fourth-order valence-electron chi connectivity index (χ4n) is 2.48. The van der Waals surface area contributed by atoms with E-state index in [9.17, 15) is 4.79 Å². The predicted octanol–water partition coefficient (Wildman–Crippen LogP) is 2.39. The van der Waals surface area contributed by atoms with E-state index in [0.29, 0.717) is 17.1 Å². The average Bonchev–Trinajstić information content (AvgIpc) is 1.93. The zero-order valence-corrected chi connectivity index (χ0v) is 8.52. The Balaban J connectivity index is 2.23. The predicted molar refractivity (Wildman–Crippen MR) is 47.7 cm³/mol. The van der Waals surface area contributed by atoms with Gasteiger partial charge < -0.3 is 0 Å². The minimum Gasteiger partial charge on any atom is -0.298 e. The molecule has 0 radical (unpaired) electrons. The molecule has 1 unspecified atom stereocenters. The van der Waals surface area contributed by atoms with Crippen molar-refractivity contribution >= 4 is 21.7 Å². The standard InChI is InChI=1S/C9H13BrO/c1-9(2)5-3-6(9)8(11)7(10)4-5/h5-7H,3-4H2,1-2H3/t5-,6+,7?/m0/s1. The maximum atomic E-state index is 11.5. The van der Waals surface area contributed by atoms with Gasteiger partial charge in [-0.2, -0.15) is 0 Å². The number of carbonyl (C=O) groups is 1. The Morgan fingerprint density at radius 1 is 1.45 bits per heavy atom. The van der Waals surface area contributed by atoms with E-state index in [4.69, 9.17) is 0 Å². The molecule has 0 spiro atoms. The summed E-state index contributed by atoms with van der Waals surface area (Å²) in [5.74, 6) is 1.58. The maximum Gasteiger partial charge on any atom is 0.150 e. The summed E-state index contributed by atoms with van der Waals surface area (Å²) < 4.78 is 0. The van der Waals surface area contributed by atoms with Crippen molar-refractivity contribution in [3.8, 4) is 0 Å². The molecule has 2 bridgehead atoms. The van der Waals surface area contributed by atoms with Crippen molar-refractivity contribution in [1.82, 2.24) is 0 Å². The van der Waals surface area contributed by atoms with Crippen molar-refractivity contribution in [2.75, 3.05) is 0 Å². The maximum absolute atomic E-state index is 11.5. The first-order valence-corrected chi connectivity index (χ1v) is 5.13. The van der Waals surface area contributed by atoms with Crippen LogP contribution in [-0.4, -0.2) is 10.6 Å². The smallest absolute Gasteiger partial charge is 0.150 e. The summed E-state index contributed by atoms with van der Waals surface area (Å²) >= 11 is 3.43. The molecular weight excluding hydrogens is 204 g/mol. The number of alkyl halides is 1. The van der Waals surface area contributed by atoms with Gasteiger partial charge in [-0.1, -0.05) is 29.8 Å². The van der Waals surface area contributed by atoms with Crippen LogP contribution < -0.4 is 0 Å². The highest BCUT2D eigenvalue weighted by Crippen LogP contribution is 2.58. The van der Waals surface area contributed by atoms with E-state index in [2.05, 4.69) is 29.8 Å². The summed E-state index contributed by atoms with van der Waals surface area (Å²) in [6.07, 6.45) is 2.20. The molecule has 0 aromatic carbocycles. The first-order chi connectivity index (χ1) is 5.03. The molecule has 3 saturated carbocycles. The fourth-order valence-corrected chi connectivity index (χ4v) is 3.25. The lowest BCUT2D eigenvalue weighted by Crippen LogP contribution is -2.56. The van der Waals surface area contributed by atoms with Gasteiger partial charge in [0.1, 0.15) is 5.78 Å². The molecule has 0 aromatic rings. The van der Waals surface area contributed by atoms with Crippen LogP contribution in [0.3, 0.4) is 0 Å². The summed E-state index contributed by atoms with van der Waals surface area (Å²) in [4.78, 5) is 11.7. The molecule has 0 amide bonds. The van der Waals surface area contributed by atoms with Gasteiger partial charge in [-0.3, -0.25) is 4.79 Å². The second-order valence-corrected chi connectivity index (χ2v) is 5.52. The number of ketones is 1. The van der Waals surface area contributed by atoms with E-state index in [-0.39, 0.29) is 4.83 Å². The Labute approximate surface area is 75.7 Å². The van der Waals surface area contributed by atoms with Crippen molar-refractivity contribution in [2.45, 2.75) is 31.5 Å². The van der Waals surface area contributed by atoms with Crippen LogP contribution in [0.5, 0.6) is 0 Å². The van der Waals surface area contributed by atoms with E-state index >= 15 is 0 Å². The third-order valence-corrected chi connectivity index (χ3v) is 4.44.